The van der Waals surface area contributed by atoms with Crippen molar-refractivity contribution in [2.75, 3.05) is 12.8 Å². The molecule has 0 aliphatic carbocycles. The van der Waals surface area contributed by atoms with Crippen LogP contribution < -0.4 is 10.5 Å². The molecule has 6 heteroatoms. The molecule has 2 N–H and O–H groups in total. The van der Waals surface area contributed by atoms with Gasteiger partial charge in [-0.25, -0.2) is 4.39 Å². The largest absolute Gasteiger partial charge is 0.493 e. The number of rotatable bonds is 2. The first kappa shape index (κ1) is 12.9. The van der Waals surface area contributed by atoms with E-state index >= 15 is 0 Å². The quantitative estimate of drug-likeness (QED) is 0.927. The normalized spacial score (nSPS) is 10.7. The molecule has 0 bridgehead atoms. The van der Waals surface area contributed by atoms with E-state index < -0.39 is 5.82 Å². The van der Waals surface area contributed by atoms with Gasteiger partial charge in [-0.15, -0.1) is 0 Å². The molecule has 0 aliphatic rings. The summed E-state index contributed by atoms with van der Waals surface area (Å²) < 4.78 is 21.2. The van der Waals surface area contributed by atoms with Gasteiger partial charge in [-0.1, -0.05) is 15.9 Å². The maximum absolute atomic E-state index is 13.9. The minimum Gasteiger partial charge on any atom is -0.493 e. The van der Waals surface area contributed by atoms with Crippen molar-refractivity contribution in [3.05, 3.63) is 28.1 Å². The third-order valence-electron chi connectivity index (χ3n) is 2.89. The fourth-order valence-corrected chi connectivity index (χ4v) is 2.26. The second-order valence-electron chi connectivity index (χ2n) is 3.94. The van der Waals surface area contributed by atoms with Gasteiger partial charge in [-0.2, -0.15) is 5.10 Å². The van der Waals surface area contributed by atoms with Gasteiger partial charge in [0, 0.05) is 22.6 Å². The van der Waals surface area contributed by atoms with E-state index in [4.69, 9.17) is 10.5 Å². The van der Waals surface area contributed by atoms with Gasteiger partial charge in [0.15, 0.2) is 11.6 Å². The molecule has 96 valence electrons. The summed E-state index contributed by atoms with van der Waals surface area (Å²) in [5, 5.41) is 4.07. The predicted molar refractivity (Wildman–Crippen MR) is 72.0 cm³/mol. The molecule has 18 heavy (non-hydrogen) atoms. The van der Waals surface area contributed by atoms with Crippen molar-refractivity contribution in [3.63, 3.8) is 0 Å². The number of nitrogens with two attached hydrogens (primary N) is 1. The number of hydrogen-bond donors (Lipinski definition) is 1. The lowest BCUT2D eigenvalue weighted by Crippen LogP contribution is -2.00. The molecule has 1 aromatic heterocycles. The van der Waals surface area contributed by atoms with Crippen LogP contribution >= 0.6 is 15.9 Å². The predicted octanol–water partition coefficient (Wildman–Crippen LogP) is 2.89. The van der Waals surface area contributed by atoms with Crippen LogP contribution in [0.5, 0.6) is 5.75 Å². The topological polar surface area (TPSA) is 53.1 Å². The number of nitrogens with zero attached hydrogens (tertiary/aromatic N) is 2. The van der Waals surface area contributed by atoms with E-state index in [2.05, 4.69) is 21.0 Å². The molecule has 0 amide bonds. The van der Waals surface area contributed by atoms with Crippen LogP contribution in [0.4, 0.5) is 10.2 Å². The summed E-state index contributed by atoms with van der Waals surface area (Å²) in [7, 11) is 3.16. The van der Waals surface area contributed by atoms with Crippen LogP contribution in [0.3, 0.4) is 0 Å². The first-order chi connectivity index (χ1) is 8.47. The molecule has 0 aliphatic heterocycles. The van der Waals surface area contributed by atoms with Crippen LogP contribution in [0.25, 0.3) is 11.1 Å². The van der Waals surface area contributed by atoms with Crippen LogP contribution in [0.15, 0.2) is 16.7 Å². The molecular formula is C12H13BrFN3O. The monoisotopic (exact) mass is 313 g/mol. The second kappa shape index (κ2) is 4.61. The van der Waals surface area contributed by atoms with Crippen LogP contribution in [0.1, 0.15) is 5.56 Å². The maximum atomic E-state index is 13.9. The number of methoxy groups -OCH3 is 1. The number of aromatic nitrogens is 2. The van der Waals surface area contributed by atoms with E-state index in [1.165, 1.54) is 17.9 Å². The molecule has 2 aromatic rings. The molecule has 4 nitrogen and oxygen atoms in total. The summed E-state index contributed by atoms with van der Waals surface area (Å²) in [6, 6.07) is 1.38. The third kappa shape index (κ3) is 1.86. The Kier molecular flexibility index (Phi) is 3.30. The molecule has 0 fully saturated rings. The van der Waals surface area contributed by atoms with E-state index in [0.29, 0.717) is 21.4 Å². The standard InChI is InChI=1S/C12H13BrFN3O/c1-6-8(13)4-9(14)11(18-3)10(6)7-5-16-17(2)12(7)15/h4-5H,15H2,1-3H3. The smallest absolute Gasteiger partial charge is 0.166 e. The Hall–Kier alpha value is -1.56. The SMILES string of the molecule is COc1c(F)cc(Br)c(C)c1-c1cnn(C)c1N. The Morgan fingerprint density at radius 2 is 2.17 bits per heavy atom. The molecule has 0 saturated carbocycles. The fraction of sp³-hybridized carbons (Fsp3) is 0.250. The molecule has 0 unspecified atom stereocenters. The highest BCUT2D eigenvalue weighted by Crippen LogP contribution is 2.41. The Morgan fingerprint density at radius 3 is 2.67 bits per heavy atom. The maximum Gasteiger partial charge on any atom is 0.166 e. The van der Waals surface area contributed by atoms with Crippen LogP contribution in [-0.2, 0) is 7.05 Å². The second-order valence-corrected chi connectivity index (χ2v) is 4.79. The molecule has 1 aromatic carbocycles. The summed E-state index contributed by atoms with van der Waals surface area (Å²) in [4.78, 5) is 0. The van der Waals surface area contributed by atoms with Gasteiger partial charge < -0.3 is 10.5 Å². The Morgan fingerprint density at radius 1 is 1.50 bits per heavy atom. The Labute approximate surface area is 113 Å². The number of aryl methyl sites for hydroxylation is 1. The number of benzene rings is 1. The van der Waals surface area contributed by atoms with Crippen molar-refractivity contribution >= 4 is 21.7 Å². The summed E-state index contributed by atoms with van der Waals surface area (Å²) in [5.74, 6) is 0.206. The molecule has 2 rings (SSSR count). The number of hydrogen-bond acceptors (Lipinski definition) is 3. The van der Waals surface area contributed by atoms with Crippen molar-refractivity contribution in [2.45, 2.75) is 6.92 Å². The van der Waals surface area contributed by atoms with Crippen molar-refractivity contribution < 1.29 is 9.13 Å². The Bertz CT molecular complexity index is 610. The third-order valence-corrected chi connectivity index (χ3v) is 3.71. The average Bonchev–Trinajstić information content (AvgIpc) is 2.65. The lowest BCUT2D eigenvalue weighted by molar-refractivity contribution is 0.388. The first-order valence-electron chi connectivity index (χ1n) is 5.27. The number of anilines is 1. The van der Waals surface area contributed by atoms with Crippen molar-refractivity contribution in [2.24, 2.45) is 7.05 Å². The van der Waals surface area contributed by atoms with E-state index in [-0.39, 0.29) is 5.75 Å². The van der Waals surface area contributed by atoms with E-state index in [1.807, 2.05) is 6.92 Å². The lowest BCUT2D eigenvalue weighted by atomic mass is 10.0. The molecule has 0 atom stereocenters. The van der Waals surface area contributed by atoms with E-state index in [1.54, 1.807) is 13.2 Å². The number of ether oxygens (including phenoxy) is 1. The summed E-state index contributed by atoms with van der Waals surface area (Å²) in [5.41, 5.74) is 8.07. The zero-order chi connectivity index (χ0) is 13.4. The number of nitrogen functional groups attached to an aromatic ring is 1. The highest BCUT2D eigenvalue weighted by molar-refractivity contribution is 9.10. The van der Waals surface area contributed by atoms with Crippen LogP contribution in [-0.4, -0.2) is 16.9 Å². The van der Waals surface area contributed by atoms with Gasteiger partial charge >= 0.3 is 0 Å². The minimum atomic E-state index is -0.437. The zero-order valence-corrected chi connectivity index (χ0v) is 11.9. The summed E-state index contributed by atoms with van der Waals surface area (Å²) in [6.07, 6.45) is 1.60. The molecular weight excluding hydrogens is 301 g/mol. The highest BCUT2D eigenvalue weighted by Gasteiger charge is 2.20. The van der Waals surface area contributed by atoms with Gasteiger partial charge in [0.25, 0.3) is 0 Å². The van der Waals surface area contributed by atoms with Gasteiger partial charge in [-0.3, -0.25) is 4.68 Å². The fourth-order valence-electron chi connectivity index (χ4n) is 1.86. The van der Waals surface area contributed by atoms with E-state index in [0.717, 1.165) is 5.56 Å². The van der Waals surface area contributed by atoms with Gasteiger partial charge in [0.2, 0.25) is 0 Å². The zero-order valence-electron chi connectivity index (χ0n) is 10.3. The average molecular weight is 314 g/mol. The van der Waals surface area contributed by atoms with E-state index in [9.17, 15) is 4.39 Å². The molecule has 1 heterocycles. The Balaban J connectivity index is 2.81. The van der Waals surface area contributed by atoms with Gasteiger partial charge in [0.05, 0.1) is 13.3 Å². The van der Waals surface area contributed by atoms with Crippen LogP contribution in [0, 0.1) is 12.7 Å². The molecule has 0 spiro atoms. The molecule has 0 saturated heterocycles. The van der Waals surface area contributed by atoms with Gasteiger partial charge in [0.1, 0.15) is 5.82 Å². The highest BCUT2D eigenvalue weighted by atomic mass is 79.9. The summed E-state index contributed by atoms with van der Waals surface area (Å²) >= 11 is 3.33. The van der Waals surface area contributed by atoms with Gasteiger partial charge in [-0.05, 0) is 18.6 Å². The van der Waals surface area contributed by atoms with Crippen LogP contribution in [0.2, 0.25) is 0 Å². The van der Waals surface area contributed by atoms with Crippen molar-refractivity contribution in [3.8, 4) is 16.9 Å². The minimum absolute atomic E-state index is 0.176. The molecule has 0 radical (unpaired) electrons. The van der Waals surface area contributed by atoms with Crippen molar-refractivity contribution in [1.82, 2.24) is 9.78 Å². The lowest BCUT2D eigenvalue weighted by Gasteiger charge is -2.13. The van der Waals surface area contributed by atoms with Crippen molar-refractivity contribution in [1.29, 1.82) is 0 Å². The summed E-state index contributed by atoms with van der Waals surface area (Å²) in [6.45, 7) is 1.87. The number of halogens is 2. The first-order valence-corrected chi connectivity index (χ1v) is 6.07.